The molecule has 1 aliphatic heterocycles. The number of nitrogens with one attached hydrogen (secondary N) is 1. The highest BCUT2D eigenvalue weighted by Gasteiger charge is 2.21. The van der Waals surface area contributed by atoms with Crippen LogP contribution >= 0.6 is 0 Å². The van der Waals surface area contributed by atoms with E-state index < -0.39 is 0 Å². The first kappa shape index (κ1) is 13.9. The Hall–Kier alpha value is -1.55. The molecular weight excluding hydrogens is 240 g/mol. The molecular formula is C15H22N2O2. The van der Waals surface area contributed by atoms with Crippen LogP contribution in [0.1, 0.15) is 31.9 Å². The quantitative estimate of drug-likeness (QED) is 0.852. The highest BCUT2D eigenvalue weighted by atomic mass is 16.3. The number of phenolic OH excluding ortho intramolecular Hbond substituents is 1. The minimum atomic E-state index is -0.0539. The maximum atomic E-state index is 12.1. The van der Waals surface area contributed by atoms with Crippen molar-refractivity contribution in [3.8, 4) is 5.75 Å². The molecule has 4 nitrogen and oxygen atoms in total. The van der Waals surface area contributed by atoms with Gasteiger partial charge in [-0.1, -0.05) is 6.07 Å². The van der Waals surface area contributed by atoms with Crippen LogP contribution in [0, 0.1) is 0 Å². The SMILES string of the molecule is CC(C)(C)NCC(=O)N1CCc2ccc(O)cc2C1. The van der Waals surface area contributed by atoms with Crippen LogP contribution in [0.2, 0.25) is 0 Å². The Bertz CT molecular complexity index is 478. The van der Waals surface area contributed by atoms with Crippen LogP contribution in [-0.4, -0.2) is 34.5 Å². The second-order valence-electron chi connectivity index (χ2n) is 6.12. The lowest BCUT2D eigenvalue weighted by atomic mass is 9.99. The summed E-state index contributed by atoms with van der Waals surface area (Å²) >= 11 is 0. The molecule has 4 heteroatoms. The third-order valence-electron chi connectivity index (χ3n) is 3.32. The first-order chi connectivity index (χ1) is 8.85. The molecule has 0 spiro atoms. The minimum Gasteiger partial charge on any atom is -0.508 e. The zero-order chi connectivity index (χ0) is 14.0. The average Bonchev–Trinajstić information content (AvgIpc) is 2.34. The number of aromatic hydroxyl groups is 1. The Balaban J connectivity index is 1.99. The second kappa shape index (κ2) is 5.21. The monoisotopic (exact) mass is 262 g/mol. The van der Waals surface area contributed by atoms with E-state index in [1.54, 1.807) is 12.1 Å². The summed E-state index contributed by atoms with van der Waals surface area (Å²) in [6, 6.07) is 5.41. The molecule has 1 heterocycles. The molecule has 0 unspecified atom stereocenters. The van der Waals surface area contributed by atoms with E-state index in [9.17, 15) is 9.90 Å². The number of carbonyl (C=O) groups is 1. The second-order valence-corrected chi connectivity index (χ2v) is 6.12. The van der Waals surface area contributed by atoms with Crippen molar-refractivity contribution in [1.82, 2.24) is 10.2 Å². The molecule has 19 heavy (non-hydrogen) atoms. The highest BCUT2D eigenvalue weighted by molar-refractivity contribution is 5.78. The van der Waals surface area contributed by atoms with Crippen molar-refractivity contribution in [2.24, 2.45) is 0 Å². The molecule has 0 saturated carbocycles. The number of fused-ring (bicyclic) bond motifs is 1. The molecule has 1 amide bonds. The number of nitrogens with zero attached hydrogens (tertiary/aromatic N) is 1. The molecule has 0 atom stereocenters. The van der Waals surface area contributed by atoms with E-state index in [4.69, 9.17) is 0 Å². The molecule has 0 aromatic heterocycles. The lowest BCUT2D eigenvalue weighted by Gasteiger charge is -2.30. The fourth-order valence-corrected chi connectivity index (χ4v) is 2.21. The molecule has 0 fully saturated rings. The van der Waals surface area contributed by atoms with Gasteiger partial charge in [-0.15, -0.1) is 0 Å². The fraction of sp³-hybridized carbons (Fsp3) is 0.533. The van der Waals surface area contributed by atoms with Crippen LogP contribution in [0.15, 0.2) is 18.2 Å². The molecule has 2 rings (SSSR count). The summed E-state index contributed by atoms with van der Waals surface area (Å²) in [5.41, 5.74) is 2.22. The number of carbonyl (C=O) groups excluding carboxylic acids is 1. The van der Waals surface area contributed by atoms with Crippen molar-refractivity contribution in [1.29, 1.82) is 0 Å². The van der Waals surface area contributed by atoms with Gasteiger partial charge in [-0.2, -0.15) is 0 Å². The first-order valence-electron chi connectivity index (χ1n) is 6.69. The smallest absolute Gasteiger partial charge is 0.236 e. The first-order valence-corrected chi connectivity index (χ1v) is 6.69. The van der Waals surface area contributed by atoms with Crippen LogP contribution < -0.4 is 5.32 Å². The predicted octanol–water partition coefficient (Wildman–Crippen LogP) is 1.66. The van der Waals surface area contributed by atoms with Crippen LogP contribution in [0.3, 0.4) is 0 Å². The number of phenols is 1. The molecule has 0 aliphatic carbocycles. The highest BCUT2D eigenvalue weighted by Crippen LogP contribution is 2.23. The van der Waals surface area contributed by atoms with Crippen LogP contribution in [0.4, 0.5) is 0 Å². The van der Waals surface area contributed by atoms with Gasteiger partial charge in [0.2, 0.25) is 5.91 Å². The van der Waals surface area contributed by atoms with Gasteiger partial charge in [0, 0.05) is 18.6 Å². The summed E-state index contributed by atoms with van der Waals surface area (Å²) in [4.78, 5) is 14.0. The summed E-state index contributed by atoms with van der Waals surface area (Å²) in [5.74, 6) is 0.379. The van der Waals surface area contributed by atoms with Gasteiger partial charge in [-0.25, -0.2) is 0 Å². The van der Waals surface area contributed by atoms with Crippen molar-refractivity contribution in [2.75, 3.05) is 13.1 Å². The Morgan fingerprint density at radius 1 is 1.37 bits per heavy atom. The van der Waals surface area contributed by atoms with Crippen LogP contribution in [0.25, 0.3) is 0 Å². The standard InChI is InChI=1S/C15H22N2O2/c1-15(2,3)16-9-14(19)17-7-6-11-4-5-13(18)8-12(11)10-17/h4-5,8,16,18H,6-7,9-10H2,1-3H3. The summed E-state index contributed by atoms with van der Waals surface area (Å²) in [7, 11) is 0. The topological polar surface area (TPSA) is 52.6 Å². The third-order valence-corrected chi connectivity index (χ3v) is 3.32. The van der Waals surface area contributed by atoms with Crippen LogP contribution in [-0.2, 0) is 17.8 Å². The van der Waals surface area contributed by atoms with Gasteiger partial charge in [0.05, 0.1) is 6.54 Å². The van der Waals surface area contributed by atoms with E-state index in [0.29, 0.717) is 13.1 Å². The minimum absolute atomic E-state index is 0.0539. The van der Waals surface area contributed by atoms with E-state index >= 15 is 0 Å². The van der Waals surface area contributed by atoms with Gasteiger partial charge in [-0.3, -0.25) is 4.79 Å². The van der Waals surface area contributed by atoms with Crippen molar-refractivity contribution < 1.29 is 9.90 Å². The number of benzene rings is 1. The number of hydrogen-bond acceptors (Lipinski definition) is 3. The lowest BCUT2D eigenvalue weighted by molar-refractivity contribution is -0.131. The predicted molar refractivity (Wildman–Crippen MR) is 75.0 cm³/mol. The number of rotatable bonds is 2. The molecule has 1 aliphatic rings. The van der Waals surface area contributed by atoms with Gasteiger partial charge in [0.1, 0.15) is 5.75 Å². The average molecular weight is 262 g/mol. The van der Waals surface area contributed by atoms with E-state index in [1.807, 2.05) is 31.7 Å². The van der Waals surface area contributed by atoms with Crippen molar-refractivity contribution in [3.05, 3.63) is 29.3 Å². The van der Waals surface area contributed by atoms with E-state index in [1.165, 1.54) is 5.56 Å². The summed E-state index contributed by atoms with van der Waals surface area (Å²) in [6.45, 7) is 7.84. The Kier molecular flexibility index (Phi) is 3.80. The Morgan fingerprint density at radius 3 is 2.79 bits per heavy atom. The zero-order valence-electron chi connectivity index (χ0n) is 11.9. The largest absolute Gasteiger partial charge is 0.508 e. The van der Waals surface area contributed by atoms with Gasteiger partial charge in [-0.05, 0) is 50.5 Å². The molecule has 0 bridgehead atoms. The van der Waals surface area contributed by atoms with Gasteiger partial charge < -0.3 is 15.3 Å². The molecule has 0 saturated heterocycles. The van der Waals surface area contributed by atoms with Gasteiger partial charge in [0.15, 0.2) is 0 Å². The van der Waals surface area contributed by atoms with Crippen LogP contribution in [0.5, 0.6) is 5.75 Å². The normalized spacial score (nSPS) is 15.2. The lowest BCUT2D eigenvalue weighted by Crippen LogP contribution is -2.46. The molecule has 2 N–H and O–H groups in total. The van der Waals surface area contributed by atoms with Crippen molar-refractivity contribution in [2.45, 2.75) is 39.3 Å². The van der Waals surface area contributed by atoms with Gasteiger partial charge >= 0.3 is 0 Å². The summed E-state index contributed by atoms with van der Waals surface area (Å²) < 4.78 is 0. The summed E-state index contributed by atoms with van der Waals surface area (Å²) in [5, 5.41) is 12.7. The number of amides is 1. The molecule has 0 radical (unpaired) electrons. The van der Waals surface area contributed by atoms with E-state index in [0.717, 1.165) is 18.5 Å². The van der Waals surface area contributed by atoms with E-state index in [2.05, 4.69) is 5.32 Å². The van der Waals surface area contributed by atoms with E-state index in [-0.39, 0.29) is 17.2 Å². The molecule has 104 valence electrons. The Labute approximate surface area is 114 Å². The maximum Gasteiger partial charge on any atom is 0.236 e. The molecule has 1 aromatic carbocycles. The zero-order valence-corrected chi connectivity index (χ0v) is 11.9. The third kappa shape index (κ3) is 3.70. The van der Waals surface area contributed by atoms with Gasteiger partial charge in [0.25, 0.3) is 0 Å². The number of hydrogen-bond donors (Lipinski definition) is 2. The Morgan fingerprint density at radius 2 is 2.11 bits per heavy atom. The van der Waals surface area contributed by atoms with Crippen molar-refractivity contribution >= 4 is 5.91 Å². The molecule has 1 aromatic rings. The maximum absolute atomic E-state index is 12.1. The van der Waals surface area contributed by atoms with Crippen molar-refractivity contribution in [3.63, 3.8) is 0 Å². The fourth-order valence-electron chi connectivity index (χ4n) is 2.21. The summed E-state index contributed by atoms with van der Waals surface area (Å²) in [6.07, 6.45) is 0.858.